The van der Waals surface area contributed by atoms with E-state index in [1.807, 2.05) is 0 Å². The van der Waals surface area contributed by atoms with E-state index in [2.05, 4.69) is 27.6 Å². The summed E-state index contributed by atoms with van der Waals surface area (Å²) in [5.41, 5.74) is 6.52. The highest BCUT2D eigenvalue weighted by atomic mass is 127. The molecule has 7 heteroatoms. The fourth-order valence-electron chi connectivity index (χ4n) is 2.03. The van der Waals surface area contributed by atoms with E-state index in [1.54, 1.807) is 18.2 Å². The summed E-state index contributed by atoms with van der Waals surface area (Å²) in [6, 6.07) is 7.58. The summed E-state index contributed by atoms with van der Waals surface area (Å²) in [4.78, 5) is 4.03. The van der Waals surface area contributed by atoms with Gasteiger partial charge in [0.1, 0.15) is 5.52 Å². The van der Waals surface area contributed by atoms with Crippen LogP contribution >= 0.6 is 34.2 Å². The van der Waals surface area contributed by atoms with Gasteiger partial charge in [-0.1, -0.05) is 11.6 Å². The van der Waals surface area contributed by atoms with Gasteiger partial charge < -0.3 is 5.73 Å². The number of benzene rings is 2. The Morgan fingerprint density at radius 3 is 2.65 bits per heavy atom. The summed E-state index contributed by atoms with van der Waals surface area (Å²) in [7, 11) is 0. The minimum atomic E-state index is -0.999. The second-order valence-corrected chi connectivity index (χ2v) is 5.78. The highest BCUT2D eigenvalue weighted by Crippen LogP contribution is 2.31. The Bertz CT molecular complexity index is 832. The predicted octanol–water partition coefficient (Wildman–Crippen LogP) is 4.14. The highest BCUT2D eigenvalue weighted by molar-refractivity contribution is 14.1. The predicted molar refractivity (Wildman–Crippen MR) is 83.1 cm³/mol. The molecule has 3 rings (SSSR count). The van der Waals surface area contributed by atoms with Crippen molar-refractivity contribution in [2.45, 2.75) is 0 Å². The maximum atomic E-state index is 14.0. The van der Waals surface area contributed by atoms with Crippen molar-refractivity contribution in [2.75, 3.05) is 5.73 Å². The third-order valence-electron chi connectivity index (χ3n) is 2.89. The van der Waals surface area contributed by atoms with Crippen molar-refractivity contribution in [2.24, 2.45) is 0 Å². The van der Waals surface area contributed by atoms with Crippen LogP contribution in [-0.4, -0.2) is 9.55 Å². The average molecular weight is 406 g/mol. The molecule has 0 aliphatic heterocycles. The van der Waals surface area contributed by atoms with E-state index in [0.717, 1.165) is 9.64 Å². The van der Waals surface area contributed by atoms with Crippen LogP contribution in [0.5, 0.6) is 0 Å². The summed E-state index contributed by atoms with van der Waals surface area (Å²) < 4.78 is 29.7. The number of rotatable bonds is 1. The van der Waals surface area contributed by atoms with Crippen LogP contribution < -0.4 is 5.73 Å². The molecule has 0 saturated carbocycles. The van der Waals surface area contributed by atoms with Crippen LogP contribution in [0.3, 0.4) is 0 Å². The highest BCUT2D eigenvalue weighted by Gasteiger charge is 2.18. The van der Waals surface area contributed by atoms with Gasteiger partial charge in [-0.15, -0.1) is 0 Å². The van der Waals surface area contributed by atoms with Crippen molar-refractivity contribution in [3.8, 4) is 5.69 Å². The molecule has 20 heavy (non-hydrogen) atoms. The molecule has 0 radical (unpaired) electrons. The Balaban J connectivity index is 2.41. The summed E-state index contributed by atoms with van der Waals surface area (Å²) in [6.07, 6.45) is 0. The quantitative estimate of drug-likeness (QED) is 0.618. The molecule has 1 heterocycles. The van der Waals surface area contributed by atoms with Crippen LogP contribution in [-0.2, 0) is 0 Å². The molecule has 1 aromatic heterocycles. The Kier molecular flexibility index (Phi) is 3.29. The van der Waals surface area contributed by atoms with Gasteiger partial charge in [-0.3, -0.25) is 4.57 Å². The van der Waals surface area contributed by atoms with E-state index < -0.39 is 11.6 Å². The fourth-order valence-corrected chi connectivity index (χ4v) is 2.97. The van der Waals surface area contributed by atoms with Crippen LogP contribution in [0.4, 0.5) is 14.7 Å². The smallest absolute Gasteiger partial charge is 0.206 e. The minimum absolute atomic E-state index is 0.0226. The van der Waals surface area contributed by atoms with Gasteiger partial charge in [0.25, 0.3) is 0 Å². The standard InChI is InChI=1S/C13H7ClF2IN3/c14-7-5-6(17)1-4-10(7)20-12-9(19-13(20)18)3-2-8(15)11(12)16/h1-5H,(H2,18,19). The van der Waals surface area contributed by atoms with Crippen molar-refractivity contribution in [3.05, 3.63) is 50.6 Å². The number of nitrogens with zero attached hydrogens (tertiary/aromatic N) is 2. The largest absolute Gasteiger partial charge is 0.369 e. The number of nitrogen functional groups attached to an aromatic ring is 1. The van der Waals surface area contributed by atoms with Gasteiger partial charge in [0, 0.05) is 3.57 Å². The lowest BCUT2D eigenvalue weighted by Gasteiger charge is -2.09. The van der Waals surface area contributed by atoms with Crippen LogP contribution in [0.1, 0.15) is 0 Å². The lowest BCUT2D eigenvalue weighted by atomic mass is 10.2. The number of anilines is 1. The van der Waals surface area contributed by atoms with Crippen molar-refractivity contribution in [3.63, 3.8) is 0 Å². The number of hydrogen-bond donors (Lipinski definition) is 1. The first-order valence-corrected chi connectivity index (χ1v) is 7.02. The van der Waals surface area contributed by atoms with Crippen LogP contribution in [0.2, 0.25) is 5.02 Å². The molecule has 3 aromatic rings. The Hall–Kier alpha value is -1.41. The molecule has 0 amide bonds. The molecule has 0 saturated heterocycles. The first-order valence-electron chi connectivity index (χ1n) is 5.56. The minimum Gasteiger partial charge on any atom is -0.369 e. The fraction of sp³-hybridized carbons (Fsp3) is 0. The van der Waals surface area contributed by atoms with Gasteiger partial charge in [-0.05, 0) is 52.9 Å². The monoisotopic (exact) mass is 405 g/mol. The Labute approximate surface area is 131 Å². The third-order valence-corrected chi connectivity index (χ3v) is 3.86. The third kappa shape index (κ3) is 2.03. The molecular formula is C13H7ClF2IN3. The molecule has 2 N–H and O–H groups in total. The second kappa shape index (κ2) is 4.85. The number of fused-ring (bicyclic) bond motifs is 1. The van der Waals surface area contributed by atoms with Crippen LogP contribution in [0.25, 0.3) is 16.7 Å². The second-order valence-electron chi connectivity index (χ2n) is 4.13. The van der Waals surface area contributed by atoms with E-state index in [4.69, 9.17) is 17.3 Å². The van der Waals surface area contributed by atoms with Crippen molar-refractivity contribution >= 4 is 51.2 Å². The zero-order chi connectivity index (χ0) is 14.4. The molecule has 2 aromatic carbocycles. The van der Waals surface area contributed by atoms with Gasteiger partial charge in [-0.25, -0.2) is 13.8 Å². The molecule has 0 aliphatic rings. The SMILES string of the molecule is Nc1nc2ccc(F)c(F)c2n1-c1ccc(I)cc1Cl. The molecular weight excluding hydrogens is 399 g/mol. The summed E-state index contributed by atoms with van der Waals surface area (Å²) in [5, 5.41) is 0.381. The first-order chi connectivity index (χ1) is 9.49. The van der Waals surface area contributed by atoms with E-state index >= 15 is 0 Å². The van der Waals surface area contributed by atoms with E-state index in [-0.39, 0.29) is 17.0 Å². The maximum Gasteiger partial charge on any atom is 0.206 e. The normalized spacial score (nSPS) is 11.2. The van der Waals surface area contributed by atoms with Crippen LogP contribution in [0, 0.1) is 15.2 Å². The Morgan fingerprint density at radius 1 is 1.20 bits per heavy atom. The van der Waals surface area contributed by atoms with Gasteiger partial charge >= 0.3 is 0 Å². The summed E-state index contributed by atoms with van der Waals surface area (Å²) >= 11 is 8.26. The van der Waals surface area contributed by atoms with Gasteiger partial charge in [0.15, 0.2) is 11.6 Å². The van der Waals surface area contributed by atoms with E-state index in [1.165, 1.54) is 10.6 Å². The van der Waals surface area contributed by atoms with E-state index in [0.29, 0.717) is 10.7 Å². The van der Waals surface area contributed by atoms with Crippen LogP contribution in [0.15, 0.2) is 30.3 Å². The molecule has 0 fully saturated rings. The van der Waals surface area contributed by atoms with Gasteiger partial charge in [0.2, 0.25) is 5.95 Å². The maximum absolute atomic E-state index is 14.0. The number of halogens is 4. The molecule has 0 atom stereocenters. The van der Waals surface area contributed by atoms with Crippen molar-refractivity contribution in [1.29, 1.82) is 0 Å². The lowest BCUT2D eigenvalue weighted by molar-refractivity contribution is 0.514. The molecule has 102 valence electrons. The summed E-state index contributed by atoms with van der Waals surface area (Å²) in [5.74, 6) is -1.91. The number of nitrogens with two attached hydrogens (primary N) is 1. The zero-order valence-electron chi connectivity index (χ0n) is 9.87. The number of aromatic nitrogens is 2. The van der Waals surface area contributed by atoms with E-state index in [9.17, 15) is 8.78 Å². The number of hydrogen-bond acceptors (Lipinski definition) is 2. The molecule has 0 aliphatic carbocycles. The molecule has 0 spiro atoms. The number of imidazole rings is 1. The Morgan fingerprint density at radius 2 is 1.95 bits per heavy atom. The first kappa shape index (κ1) is 13.6. The molecule has 0 bridgehead atoms. The van der Waals surface area contributed by atoms with Gasteiger partial charge in [-0.2, -0.15) is 0 Å². The summed E-state index contributed by atoms with van der Waals surface area (Å²) in [6.45, 7) is 0. The lowest BCUT2D eigenvalue weighted by Crippen LogP contribution is -2.03. The van der Waals surface area contributed by atoms with Gasteiger partial charge in [0.05, 0.1) is 16.2 Å². The van der Waals surface area contributed by atoms with Crippen molar-refractivity contribution in [1.82, 2.24) is 9.55 Å². The molecule has 0 unspecified atom stereocenters. The average Bonchev–Trinajstić information content (AvgIpc) is 2.72. The zero-order valence-corrected chi connectivity index (χ0v) is 12.8. The molecule has 3 nitrogen and oxygen atoms in total. The topological polar surface area (TPSA) is 43.8 Å². The van der Waals surface area contributed by atoms with Crippen molar-refractivity contribution < 1.29 is 8.78 Å².